The van der Waals surface area contributed by atoms with Crippen LogP contribution in [0.2, 0.25) is 0 Å². The number of nitrogens with one attached hydrogen (secondary N) is 1. The van der Waals surface area contributed by atoms with Crippen LogP contribution in [0.25, 0.3) is 0 Å². The molecule has 0 rings (SSSR count). The second kappa shape index (κ2) is 4.22. The van der Waals surface area contributed by atoms with Gasteiger partial charge in [0.2, 0.25) is 0 Å². The van der Waals surface area contributed by atoms with Gasteiger partial charge in [-0.2, -0.15) is 0 Å². The average molecular weight is 153 g/mol. The molecule has 1 heteroatoms. The van der Waals surface area contributed by atoms with Crippen molar-refractivity contribution >= 4 is 0 Å². The van der Waals surface area contributed by atoms with E-state index in [2.05, 4.69) is 39.2 Å². The van der Waals surface area contributed by atoms with Crippen molar-refractivity contribution in [3.63, 3.8) is 0 Å². The highest BCUT2D eigenvalue weighted by Gasteiger charge is 2.15. The van der Waals surface area contributed by atoms with Crippen molar-refractivity contribution in [2.24, 2.45) is 5.41 Å². The van der Waals surface area contributed by atoms with E-state index >= 15 is 0 Å². The molecule has 0 unspecified atom stereocenters. The van der Waals surface area contributed by atoms with Crippen molar-refractivity contribution in [2.75, 3.05) is 0 Å². The van der Waals surface area contributed by atoms with Gasteiger partial charge in [-0.05, 0) is 18.0 Å². The lowest BCUT2D eigenvalue weighted by Gasteiger charge is -2.23. The number of hydrogen-bond donors (Lipinski definition) is 1. The molecule has 0 aromatic carbocycles. The molecule has 0 aliphatic carbocycles. The molecule has 0 aliphatic heterocycles. The Morgan fingerprint density at radius 3 is 2.45 bits per heavy atom. The number of rotatable bonds is 5. The lowest BCUT2D eigenvalue weighted by molar-refractivity contribution is 0.344. The molecule has 1 N–H and O–H groups in total. The molecule has 11 heavy (non-hydrogen) atoms. The summed E-state index contributed by atoms with van der Waals surface area (Å²) in [7, 11) is 0. The summed E-state index contributed by atoms with van der Waals surface area (Å²) in [6.45, 7) is 14.2. The van der Waals surface area contributed by atoms with Crippen LogP contribution < -0.4 is 5.32 Å². The molecule has 1 nitrogen and oxygen atoms in total. The van der Waals surface area contributed by atoms with Crippen LogP contribution in [0, 0.1) is 5.41 Å². The SMILES string of the molecule is C=CNC(=C)CC(C)(C)CC. The van der Waals surface area contributed by atoms with Gasteiger partial charge >= 0.3 is 0 Å². The van der Waals surface area contributed by atoms with Crippen LogP contribution in [0.3, 0.4) is 0 Å². The van der Waals surface area contributed by atoms with Crippen molar-refractivity contribution < 1.29 is 0 Å². The first-order chi connectivity index (χ1) is 5.02. The summed E-state index contributed by atoms with van der Waals surface area (Å²) in [5, 5.41) is 3.01. The molecule has 0 bridgehead atoms. The first-order valence-corrected chi connectivity index (χ1v) is 4.07. The van der Waals surface area contributed by atoms with Gasteiger partial charge in [0.1, 0.15) is 0 Å². The zero-order valence-corrected chi connectivity index (χ0v) is 7.91. The largest absolute Gasteiger partial charge is 0.366 e. The fraction of sp³-hybridized carbons (Fsp3) is 0.600. The summed E-state index contributed by atoms with van der Waals surface area (Å²) in [4.78, 5) is 0. The minimum Gasteiger partial charge on any atom is -0.366 e. The fourth-order valence-electron chi connectivity index (χ4n) is 0.898. The van der Waals surface area contributed by atoms with Crippen molar-refractivity contribution in [2.45, 2.75) is 33.6 Å². The molecule has 0 aromatic rings. The van der Waals surface area contributed by atoms with Crippen molar-refractivity contribution in [3.8, 4) is 0 Å². The van der Waals surface area contributed by atoms with Crippen LogP contribution in [0.4, 0.5) is 0 Å². The molecule has 0 atom stereocenters. The van der Waals surface area contributed by atoms with E-state index in [9.17, 15) is 0 Å². The smallest absolute Gasteiger partial charge is 0.00785 e. The van der Waals surface area contributed by atoms with Gasteiger partial charge in [0, 0.05) is 5.70 Å². The molecular weight excluding hydrogens is 134 g/mol. The van der Waals surface area contributed by atoms with Gasteiger partial charge in [-0.15, -0.1) is 0 Å². The van der Waals surface area contributed by atoms with Crippen LogP contribution in [-0.2, 0) is 0 Å². The summed E-state index contributed by atoms with van der Waals surface area (Å²) in [6.07, 6.45) is 3.86. The molecular formula is C10H19N. The lowest BCUT2D eigenvalue weighted by atomic mass is 9.85. The molecule has 0 amide bonds. The Labute approximate surface area is 70.2 Å². The molecule has 0 spiro atoms. The first kappa shape index (κ1) is 10.3. The van der Waals surface area contributed by atoms with E-state index in [1.54, 1.807) is 6.20 Å². The Kier molecular flexibility index (Phi) is 3.94. The highest BCUT2D eigenvalue weighted by atomic mass is 14.8. The second-order valence-electron chi connectivity index (χ2n) is 3.65. The number of allylic oxidation sites excluding steroid dienone is 1. The molecule has 0 aromatic heterocycles. The van der Waals surface area contributed by atoms with E-state index in [1.807, 2.05) is 0 Å². The van der Waals surface area contributed by atoms with Gasteiger partial charge in [-0.1, -0.05) is 40.3 Å². The topological polar surface area (TPSA) is 12.0 Å². The van der Waals surface area contributed by atoms with Crippen molar-refractivity contribution in [1.82, 2.24) is 5.32 Å². The van der Waals surface area contributed by atoms with Crippen molar-refractivity contribution in [3.05, 3.63) is 25.1 Å². The standard InChI is InChI=1S/C10H19N/c1-6-10(4,5)8-9(3)11-7-2/h7,11H,2-3,6,8H2,1,4-5H3. The third-order valence-electron chi connectivity index (χ3n) is 1.96. The molecule has 0 radical (unpaired) electrons. The van der Waals surface area contributed by atoms with Crippen LogP contribution in [0.5, 0.6) is 0 Å². The summed E-state index contributed by atoms with van der Waals surface area (Å²) in [5.74, 6) is 0. The quantitative estimate of drug-likeness (QED) is 0.640. The minimum atomic E-state index is 0.354. The van der Waals surface area contributed by atoms with E-state index in [4.69, 9.17) is 0 Å². The van der Waals surface area contributed by atoms with Gasteiger partial charge in [0.05, 0.1) is 0 Å². The van der Waals surface area contributed by atoms with E-state index < -0.39 is 0 Å². The average Bonchev–Trinajstić information content (AvgIpc) is 1.87. The summed E-state index contributed by atoms with van der Waals surface area (Å²) >= 11 is 0. The minimum absolute atomic E-state index is 0.354. The van der Waals surface area contributed by atoms with Gasteiger partial charge in [-0.3, -0.25) is 0 Å². The van der Waals surface area contributed by atoms with Crippen LogP contribution in [-0.4, -0.2) is 0 Å². The fourth-order valence-corrected chi connectivity index (χ4v) is 0.898. The Morgan fingerprint density at radius 2 is 2.09 bits per heavy atom. The maximum atomic E-state index is 3.90. The maximum absolute atomic E-state index is 3.90. The van der Waals surface area contributed by atoms with E-state index in [-0.39, 0.29) is 0 Å². The van der Waals surface area contributed by atoms with Gasteiger partial charge < -0.3 is 5.32 Å². The predicted octanol–water partition coefficient (Wildman–Crippen LogP) is 3.06. The molecule has 0 saturated carbocycles. The van der Waals surface area contributed by atoms with Crippen LogP contribution in [0.1, 0.15) is 33.6 Å². The van der Waals surface area contributed by atoms with E-state index in [1.165, 1.54) is 6.42 Å². The Bertz CT molecular complexity index is 145. The Balaban J connectivity index is 3.82. The predicted molar refractivity (Wildman–Crippen MR) is 51.2 cm³/mol. The van der Waals surface area contributed by atoms with Gasteiger partial charge in [0.15, 0.2) is 0 Å². The zero-order chi connectivity index (χ0) is 8.91. The molecule has 0 fully saturated rings. The molecule has 0 aliphatic rings. The van der Waals surface area contributed by atoms with Crippen LogP contribution >= 0.6 is 0 Å². The normalized spacial score (nSPS) is 10.8. The third-order valence-corrected chi connectivity index (χ3v) is 1.96. The summed E-state index contributed by atoms with van der Waals surface area (Å²) in [6, 6.07) is 0. The lowest BCUT2D eigenvalue weighted by Crippen LogP contribution is -2.15. The highest BCUT2D eigenvalue weighted by molar-refractivity contribution is 4.98. The van der Waals surface area contributed by atoms with E-state index in [0.717, 1.165) is 12.1 Å². The molecule has 64 valence electrons. The summed E-state index contributed by atoms with van der Waals surface area (Å²) in [5.41, 5.74) is 1.40. The molecule has 0 heterocycles. The van der Waals surface area contributed by atoms with Crippen LogP contribution in [0.15, 0.2) is 25.1 Å². The second-order valence-corrected chi connectivity index (χ2v) is 3.65. The first-order valence-electron chi connectivity index (χ1n) is 4.07. The Hall–Kier alpha value is -0.720. The third kappa shape index (κ3) is 4.65. The van der Waals surface area contributed by atoms with Gasteiger partial charge in [0.25, 0.3) is 0 Å². The van der Waals surface area contributed by atoms with E-state index in [0.29, 0.717) is 5.41 Å². The zero-order valence-electron chi connectivity index (χ0n) is 7.91. The maximum Gasteiger partial charge on any atom is 0.00785 e. The molecule has 0 saturated heterocycles. The highest BCUT2D eigenvalue weighted by Crippen LogP contribution is 2.26. The van der Waals surface area contributed by atoms with Gasteiger partial charge in [-0.25, -0.2) is 0 Å². The summed E-state index contributed by atoms with van der Waals surface area (Å²) < 4.78 is 0. The monoisotopic (exact) mass is 153 g/mol. The van der Waals surface area contributed by atoms with Crippen molar-refractivity contribution in [1.29, 1.82) is 0 Å². The Morgan fingerprint density at radius 1 is 1.55 bits per heavy atom. The number of hydrogen-bond acceptors (Lipinski definition) is 1.